The molecule has 1 N–H and O–H groups in total. The molecule has 8 heteroatoms. The van der Waals surface area contributed by atoms with Crippen molar-refractivity contribution in [2.24, 2.45) is 0 Å². The molecule has 1 unspecified atom stereocenters. The summed E-state index contributed by atoms with van der Waals surface area (Å²) >= 11 is 7.42. The van der Waals surface area contributed by atoms with Crippen LogP contribution in [-0.2, 0) is 9.59 Å². The number of thiazole rings is 1. The number of aliphatic hydroxyl groups excluding tert-OH is 1. The molecule has 1 saturated heterocycles. The van der Waals surface area contributed by atoms with Crippen molar-refractivity contribution in [1.29, 1.82) is 0 Å². The fourth-order valence-electron chi connectivity index (χ4n) is 4.32. The second-order valence-corrected chi connectivity index (χ2v) is 10.3. The van der Waals surface area contributed by atoms with Crippen LogP contribution in [0.1, 0.15) is 42.5 Å². The molecular weight excluding hydrogens is 496 g/mol. The van der Waals surface area contributed by atoms with E-state index in [0.29, 0.717) is 38.5 Å². The lowest BCUT2D eigenvalue weighted by atomic mass is 9.93. The van der Waals surface area contributed by atoms with Gasteiger partial charge in [-0.05, 0) is 47.4 Å². The van der Waals surface area contributed by atoms with Crippen LogP contribution in [0.15, 0.2) is 72.3 Å². The van der Waals surface area contributed by atoms with Crippen molar-refractivity contribution in [3.05, 3.63) is 94.0 Å². The van der Waals surface area contributed by atoms with Crippen LogP contribution in [0.5, 0.6) is 5.75 Å². The van der Waals surface area contributed by atoms with Crippen molar-refractivity contribution in [3.63, 3.8) is 0 Å². The molecule has 1 atom stereocenters. The van der Waals surface area contributed by atoms with E-state index in [2.05, 4.69) is 18.8 Å². The molecule has 36 heavy (non-hydrogen) atoms. The van der Waals surface area contributed by atoms with Crippen molar-refractivity contribution in [2.75, 3.05) is 12.0 Å². The number of Topliss-reactive ketones (excluding diaryl/α,β-unsaturated/α-hetero) is 1. The predicted molar refractivity (Wildman–Crippen MR) is 143 cm³/mol. The van der Waals surface area contributed by atoms with E-state index in [1.165, 1.54) is 23.3 Å². The Labute approximate surface area is 217 Å². The van der Waals surface area contributed by atoms with Gasteiger partial charge in [-0.1, -0.05) is 73.2 Å². The van der Waals surface area contributed by atoms with Crippen LogP contribution in [0, 0.1) is 0 Å². The summed E-state index contributed by atoms with van der Waals surface area (Å²) < 4.78 is 6.07. The van der Waals surface area contributed by atoms with Crippen LogP contribution in [-0.4, -0.2) is 28.9 Å². The number of carbonyl (C=O) groups excluding carboxylic acids is 2. The van der Waals surface area contributed by atoms with Crippen LogP contribution in [0.25, 0.3) is 16.0 Å². The largest absolute Gasteiger partial charge is 0.507 e. The molecule has 0 radical (unpaired) electrons. The molecule has 1 aromatic heterocycles. The lowest BCUT2D eigenvalue weighted by molar-refractivity contribution is -0.132. The zero-order valence-corrected chi connectivity index (χ0v) is 21.4. The highest BCUT2D eigenvalue weighted by Crippen LogP contribution is 2.44. The molecule has 5 rings (SSSR count). The van der Waals surface area contributed by atoms with E-state index in [9.17, 15) is 14.7 Å². The van der Waals surface area contributed by atoms with E-state index < -0.39 is 17.7 Å². The zero-order chi connectivity index (χ0) is 25.6. The van der Waals surface area contributed by atoms with Crippen LogP contribution < -0.4 is 9.64 Å². The van der Waals surface area contributed by atoms with Crippen molar-refractivity contribution in [1.82, 2.24) is 4.98 Å². The van der Waals surface area contributed by atoms with Gasteiger partial charge in [0.25, 0.3) is 5.78 Å². The van der Waals surface area contributed by atoms with Gasteiger partial charge in [0.15, 0.2) is 5.13 Å². The molecule has 1 fully saturated rings. The maximum Gasteiger partial charge on any atom is 0.301 e. The van der Waals surface area contributed by atoms with Gasteiger partial charge in [-0.15, -0.1) is 0 Å². The summed E-state index contributed by atoms with van der Waals surface area (Å²) in [5.41, 5.74) is 2.87. The molecule has 1 amide bonds. The lowest BCUT2D eigenvalue weighted by Gasteiger charge is -2.23. The smallest absolute Gasteiger partial charge is 0.301 e. The molecule has 182 valence electrons. The van der Waals surface area contributed by atoms with E-state index >= 15 is 0 Å². The van der Waals surface area contributed by atoms with Crippen LogP contribution in [0.4, 0.5) is 5.13 Å². The molecule has 1 aliphatic rings. The van der Waals surface area contributed by atoms with Gasteiger partial charge in [-0.2, -0.15) is 0 Å². The minimum atomic E-state index is -0.853. The number of rotatable bonds is 5. The third-order valence-corrected chi connectivity index (χ3v) is 7.50. The number of fused-ring (bicyclic) bond motifs is 1. The third-order valence-electron chi connectivity index (χ3n) is 6.25. The van der Waals surface area contributed by atoms with Gasteiger partial charge >= 0.3 is 5.91 Å². The minimum Gasteiger partial charge on any atom is -0.507 e. The Morgan fingerprint density at radius 2 is 1.83 bits per heavy atom. The summed E-state index contributed by atoms with van der Waals surface area (Å²) in [6.07, 6.45) is 0. The molecule has 3 aromatic carbocycles. The number of ether oxygens (including phenoxy) is 1. The van der Waals surface area contributed by atoms with Crippen molar-refractivity contribution in [3.8, 4) is 5.75 Å². The molecule has 0 bridgehead atoms. The first-order valence-corrected chi connectivity index (χ1v) is 12.6. The number of halogens is 1. The molecule has 0 saturated carbocycles. The molecule has 2 heterocycles. The van der Waals surface area contributed by atoms with E-state index in [0.717, 1.165) is 10.3 Å². The topological polar surface area (TPSA) is 79.7 Å². The Morgan fingerprint density at radius 3 is 2.53 bits per heavy atom. The van der Waals surface area contributed by atoms with Gasteiger partial charge in [0.2, 0.25) is 0 Å². The van der Waals surface area contributed by atoms with Crippen LogP contribution >= 0.6 is 22.9 Å². The number of nitrogens with zero attached hydrogens (tertiary/aromatic N) is 2. The fraction of sp³-hybridized carbons (Fsp3) is 0.179. The number of benzene rings is 3. The molecule has 4 aromatic rings. The Morgan fingerprint density at radius 1 is 1.08 bits per heavy atom. The summed E-state index contributed by atoms with van der Waals surface area (Å²) in [4.78, 5) is 32.8. The van der Waals surface area contributed by atoms with Crippen molar-refractivity contribution >= 4 is 55.7 Å². The standard InChI is InChI=1S/C28H23ClN2O4S/c1-15(2)16-7-9-17(10-8-16)24-23(25(32)18-5-4-6-20(13-18)35-3)26(33)27(34)31(24)28-30-21-12-11-19(29)14-22(21)36-28/h4-15,24,32H,1-3H3/b25-23+. The first-order chi connectivity index (χ1) is 17.3. The molecule has 1 aliphatic heterocycles. The lowest BCUT2D eigenvalue weighted by Crippen LogP contribution is -2.29. The number of hydrogen-bond acceptors (Lipinski definition) is 6. The molecule has 0 spiro atoms. The highest BCUT2D eigenvalue weighted by molar-refractivity contribution is 7.22. The third kappa shape index (κ3) is 4.14. The number of ketones is 1. The second-order valence-electron chi connectivity index (χ2n) is 8.83. The van der Waals surface area contributed by atoms with Gasteiger partial charge in [0, 0.05) is 10.6 Å². The average Bonchev–Trinajstić information content (AvgIpc) is 3.41. The van der Waals surface area contributed by atoms with Gasteiger partial charge in [0.05, 0.1) is 28.9 Å². The van der Waals surface area contributed by atoms with Gasteiger partial charge < -0.3 is 9.84 Å². The average molecular weight is 519 g/mol. The zero-order valence-electron chi connectivity index (χ0n) is 19.9. The maximum atomic E-state index is 13.4. The highest BCUT2D eigenvalue weighted by atomic mass is 35.5. The van der Waals surface area contributed by atoms with Crippen molar-refractivity contribution in [2.45, 2.75) is 25.8 Å². The van der Waals surface area contributed by atoms with Crippen LogP contribution in [0.3, 0.4) is 0 Å². The number of amides is 1. The maximum absolute atomic E-state index is 13.4. The SMILES string of the molecule is COc1cccc(/C(O)=C2\C(=O)C(=O)N(c3nc4ccc(Cl)cc4s3)C2c2ccc(C(C)C)cc2)c1. The second kappa shape index (κ2) is 9.41. The molecular formula is C28H23ClN2O4S. The van der Waals surface area contributed by atoms with E-state index in [-0.39, 0.29) is 11.3 Å². The monoisotopic (exact) mass is 518 g/mol. The van der Waals surface area contributed by atoms with Gasteiger partial charge in [-0.25, -0.2) is 4.98 Å². The predicted octanol–water partition coefficient (Wildman–Crippen LogP) is 6.71. The van der Waals surface area contributed by atoms with E-state index in [1.807, 2.05) is 24.3 Å². The number of methoxy groups -OCH3 is 1. The minimum absolute atomic E-state index is 0.00263. The number of aromatic nitrogens is 1. The Kier molecular flexibility index (Phi) is 6.28. The summed E-state index contributed by atoms with van der Waals surface area (Å²) in [6.45, 7) is 4.19. The van der Waals surface area contributed by atoms with Crippen LogP contribution in [0.2, 0.25) is 5.02 Å². The van der Waals surface area contributed by atoms with Crippen molar-refractivity contribution < 1.29 is 19.4 Å². The summed E-state index contributed by atoms with van der Waals surface area (Å²) in [6, 6.07) is 18.9. The molecule has 0 aliphatic carbocycles. The number of aliphatic hydroxyl groups is 1. The Hall–Kier alpha value is -3.68. The van der Waals surface area contributed by atoms with E-state index in [1.54, 1.807) is 42.5 Å². The first-order valence-electron chi connectivity index (χ1n) is 11.4. The number of hydrogen-bond donors (Lipinski definition) is 1. The Bertz CT molecular complexity index is 1520. The van der Waals surface area contributed by atoms with Gasteiger partial charge in [0.1, 0.15) is 11.5 Å². The number of anilines is 1. The Balaban J connectivity index is 1.72. The number of carbonyl (C=O) groups is 2. The summed E-state index contributed by atoms with van der Waals surface area (Å²) in [7, 11) is 1.52. The summed E-state index contributed by atoms with van der Waals surface area (Å²) in [5.74, 6) is -0.949. The van der Waals surface area contributed by atoms with E-state index in [4.69, 9.17) is 16.3 Å². The fourth-order valence-corrected chi connectivity index (χ4v) is 5.59. The van der Waals surface area contributed by atoms with Gasteiger partial charge in [-0.3, -0.25) is 14.5 Å². The molecule has 6 nitrogen and oxygen atoms in total. The first kappa shape index (κ1) is 24.0. The quantitative estimate of drug-likeness (QED) is 0.180. The summed E-state index contributed by atoms with van der Waals surface area (Å²) in [5, 5.41) is 12.2. The highest BCUT2D eigenvalue weighted by Gasteiger charge is 2.48. The normalized spacial score (nSPS) is 17.4.